The number of aromatic nitrogens is 2. The number of rotatable bonds is 4. The highest BCUT2D eigenvalue weighted by atomic mass is 35.5. The summed E-state index contributed by atoms with van der Waals surface area (Å²) in [6, 6.07) is 15.3. The van der Waals surface area contributed by atoms with E-state index < -0.39 is 5.91 Å². The summed E-state index contributed by atoms with van der Waals surface area (Å²) in [7, 11) is 0. The van der Waals surface area contributed by atoms with E-state index in [4.69, 9.17) is 28.5 Å². The molecule has 0 aliphatic rings. The quantitative estimate of drug-likeness (QED) is 0.648. The Bertz CT molecular complexity index is 1060. The van der Waals surface area contributed by atoms with Crippen molar-refractivity contribution in [1.29, 1.82) is 5.26 Å². The van der Waals surface area contributed by atoms with E-state index in [0.717, 1.165) is 0 Å². The zero-order valence-electron chi connectivity index (χ0n) is 14.1. The van der Waals surface area contributed by atoms with Crippen molar-refractivity contribution in [2.24, 2.45) is 0 Å². The van der Waals surface area contributed by atoms with Gasteiger partial charge in [-0.2, -0.15) is 5.26 Å². The Labute approximate surface area is 165 Å². The lowest BCUT2D eigenvalue weighted by atomic mass is 10.2. The molecule has 0 aliphatic carbocycles. The standard InChI is InChI=1S/C19H13Cl2N5O/c1-11-7-17(18(27)25-16-6-5-13(20)9-15(16)21)26-19(23-11)24-14-4-2-3-12(8-14)10-22/h2-9H,1H3,(H,25,27)(H,23,24,26). The first-order valence-corrected chi connectivity index (χ1v) is 8.59. The Balaban J connectivity index is 1.84. The Morgan fingerprint density at radius 2 is 1.93 bits per heavy atom. The predicted molar refractivity (Wildman–Crippen MR) is 106 cm³/mol. The van der Waals surface area contributed by atoms with E-state index in [1.165, 1.54) is 0 Å². The molecule has 3 rings (SSSR count). The Morgan fingerprint density at radius 1 is 1.11 bits per heavy atom. The number of aryl methyl sites for hydroxylation is 1. The third-order valence-corrected chi connectivity index (χ3v) is 4.06. The van der Waals surface area contributed by atoms with Gasteiger partial charge in [0.05, 0.1) is 22.3 Å². The van der Waals surface area contributed by atoms with E-state index in [1.807, 2.05) is 0 Å². The number of nitrogens with zero attached hydrogens (tertiary/aromatic N) is 3. The molecule has 6 nitrogen and oxygen atoms in total. The molecule has 0 unspecified atom stereocenters. The lowest BCUT2D eigenvalue weighted by molar-refractivity contribution is 0.102. The van der Waals surface area contributed by atoms with Crippen LogP contribution in [0.1, 0.15) is 21.7 Å². The van der Waals surface area contributed by atoms with Gasteiger partial charge in [0.1, 0.15) is 5.69 Å². The number of carbonyl (C=O) groups is 1. The second-order valence-electron chi connectivity index (χ2n) is 5.61. The molecule has 8 heteroatoms. The SMILES string of the molecule is Cc1cc(C(=O)Nc2ccc(Cl)cc2Cl)nc(Nc2cccc(C#N)c2)n1. The van der Waals surface area contributed by atoms with Crippen LogP contribution in [0.4, 0.5) is 17.3 Å². The average molecular weight is 398 g/mol. The molecule has 2 N–H and O–H groups in total. The lowest BCUT2D eigenvalue weighted by Crippen LogP contribution is -2.15. The Morgan fingerprint density at radius 3 is 2.67 bits per heavy atom. The summed E-state index contributed by atoms with van der Waals surface area (Å²) >= 11 is 12.0. The number of nitrogens with one attached hydrogen (secondary N) is 2. The highest BCUT2D eigenvalue weighted by Crippen LogP contribution is 2.26. The highest BCUT2D eigenvalue weighted by Gasteiger charge is 2.13. The van der Waals surface area contributed by atoms with Crippen LogP contribution in [0.2, 0.25) is 10.0 Å². The van der Waals surface area contributed by atoms with Crippen LogP contribution in [0.15, 0.2) is 48.5 Å². The summed E-state index contributed by atoms with van der Waals surface area (Å²) in [6.07, 6.45) is 0. The van der Waals surface area contributed by atoms with Gasteiger partial charge in [0.2, 0.25) is 5.95 Å². The summed E-state index contributed by atoms with van der Waals surface area (Å²) in [5.41, 5.74) is 2.36. The monoisotopic (exact) mass is 397 g/mol. The number of amides is 1. The van der Waals surface area contributed by atoms with Gasteiger partial charge in [0.25, 0.3) is 5.91 Å². The number of halogens is 2. The maximum atomic E-state index is 12.5. The van der Waals surface area contributed by atoms with Crippen LogP contribution in [0.25, 0.3) is 0 Å². The number of benzene rings is 2. The molecular formula is C19H13Cl2N5O. The molecule has 1 heterocycles. The molecule has 0 saturated carbocycles. The van der Waals surface area contributed by atoms with Crippen molar-refractivity contribution >= 4 is 46.4 Å². The fraction of sp³-hybridized carbons (Fsp3) is 0.0526. The third-order valence-electron chi connectivity index (χ3n) is 3.51. The topological polar surface area (TPSA) is 90.7 Å². The molecule has 2 aromatic carbocycles. The maximum absolute atomic E-state index is 12.5. The van der Waals surface area contributed by atoms with Gasteiger partial charge in [0, 0.05) is 16.4 Å². The fourth-order valence-electron chi connectivity index (χ4n) is 2.31. The van der Waals surface area contributed by atoms with Crippen molar-refractivity contribution in [3.05, 3.63) is 75.5 Å². The van der Waals surface area contributed by atoms with Gasteiger partial charge in [-0.15, -0.1) is 0 Å². The van der Waals surface area contributed by atoms with E-state index in [0.29, 0.717) is 32.7 Å². The largest absolute Gasteiger partial charge is 0.324 e. The molecule has 134 valence electrons. The lowest BCUT2D eigenvalue weighted by Gasteiger charge is -2.10. The molecular weight excluding hydrogens is 385 g/mol. The zero-order valence-corrected chi connectivity index (χ0v) is 15.6. The van der Waals surface area contributed by atoms with Gasteiger partial charge in [-0.25, -0.2) is 9.97 Å². The Hall–Kier alpha value is -3.14. The van der Waals surface area contributed by atoms with E-state index in [2.05, 4.69) is 26.7 Å². The van der Waals surface area contributed by atoms with E-state index in [9.17, 15) is 4.79 Å². The molecule has 0 saturated heterocycles. The highest BCUT2D eigenvalue weighted by molar-refractivity contribution is 6.36. The van der Waals surface area contributed by atoms with Crippen molar-refractivity contribution < 1.29 is 4.79 Å². The molecule has 3 aromatic rings. The minimum absolute atomic E-state index is 0.174. The minimum Gasteiger partial charge on any atom is -0.324 e. The summed E-state index contributed by atoms with van der Waals surface area (Å²) in [5.74, 6) is -0.184. The molecule has 0 spiro atoms. The number of carbonyl (C=O) groups excluding carboxylic acids is 1. The van der Waals surface area contributed by atoms with Crippen LogP contribution >= 0.6 is 23.2 Å². The van der Waals surface area contributed by atoms with Crippen LogP contribution in [-0.4, -0.2) is 15.9 Å². The summed E-state index contributed by atoms with van der Waals surface area (Å²) in [5, 5.41) is 15.5. The van der Waals surface area contributed by atoms with Gasteiger partial charge < -0.3 is 10.6 Å². The van der Waals surface area contributed by atoms with Crippen LogP contribution in [-0.2, 0) is 0 Å². The average Bonchev–Trinajstić information content (AvgIpc) is 2.63. The van der Waals surface area contributed by atoms with Gasteiger partial charge in [-0.1, -0.05) is 29.3 Å². The van der Waals surface area contributed by atoms with Crippen molar-refractivity contribution in [1.82, 2.24) is 9.97 Å². The van der Waals surface area contributed by atoms with Crippen LogP contribution in [0, 0.1) is 18.3 Å². The van der Waals surface area contributed by atoms with Crippen LogP contribution < -0.4 is 10.6 Å². The third kappa shape index (κ3) is 4.73. The zero-order chi connectivity index (χ0) is 19.4. The Kier molecular flexibility index (Phi) is 5.55. The van der Waals surface area contributed by atoms with Gasteiger partial charge in [-0.3, -0.25) is 4.79 Å². The first kappa shape index (κ1) is 18.6. The number of hydrogen-bond acceptors (Lipinski definition) is 5. The number of hydrogen-bond donors (Lipinski definition) is 2. The normalized spacial score (nSPS) is 10.1. The smallest absolute Gasteiger partial charge is 0.274 e. The molecule has 27 heavy (non-hydrogen) atoms. The van der Waals surface area contributed by atoms with Gasteiger partial charge >= 0.3 is 0 Å². The second-order valence-corrected chi connectivity index (χ2v) is 6.46. The van der Waals surface area contributed by atoms with Crippen molar-refractivity contribution in [2.75, 3.05) is 10.6 Å². The van der Waals surface area contributed by atoms with E-state index in [-0.39, 0.29) is 11.6 Å². The van der Waals surface area contributed by atoms with Gasteiger partial charge in [-0.05, 0) is 49.4 Å². The number of anilines is 3. The molecule has 0 bridgehead atoms. The molecule has 0 fully saturated rings. The summed E-state index contributed by atoms with van der Waals surface area (Å²) in [4.78, 5) is 21.1. The molecule has 0 radical (unpaired) electrons. The maximum Gasteiger partial charge on any atom is 0.274 e. The first-order valence-electron chi connectivity index (χ1n) is 7.84. The second kappa shape index (κ2) is 8.04. The van der Waals surface area contributed by atoms with E-state index in [1.54, 1.807) is 55.5 Å². The molecule has 1 amide bonds. The van der Waals surface area contributed by atoms with Crippen LogP contribution in [0.3, 0.4) is 0 Å². The summed E-state index contributed by atoms with van der Waals surface area (Å²) < 4.78 is 0. The molecule has 0 atom stereocenters. The van der Waals surface area contributed by atoms with Crippen molar-refractivity contribution in [3.8, 4) is 6.07 Å². The molecule has 0 aliphatic heterocycles. The van der Waals surface area contributed by atoms with Gasteiger partial charge in [0.15, 0.2) is 0 Å². The van der Waals surface area contributed by atoms with E-state index >= 15 is 0 Å². The summed E-state index contributed by atoms with van der Waals surface area (Å²) in [6.45, 7) is 1.75. The minimum atomic E-state index is -0.432. The first-order chi connectivity index (χ1) is 12.9. The van der Waals surface area contributed by atoms with Crippen molar-refractivity contribution in [3.63, 3.8) is 0 Å². The predicted octanol–water partition coefficient (Wildman–Crippen LogP) is 4.96. The fourth-order valence-corrected chi connectivity index (χ4v) is 2.77. The molecule has 1 aromatic heterocycles. The van der Waals surface area contributed by atoms with Crippen LogP contribution in [0.5, 0.6) is 0 Å². The number of nitriles is 1. The van der Waals surface area contributed by atoms with Crippen molar-refractivity contribution in [2.45, 2.75) is 6.92 Å².